The molecule has 2 aliphatic rings. The van der Waals surface area contributed by atoms with E-state index in [1.165, 1.54) is 0 Å². The number of carbonyl (C=O) groups excluding carboxylic acids is 2. The summed E-state index contributed by atoms with van der Waals surface area (Å²) in [5.74, 6) is -0.110. The molecule has 0 saturated carbocycles. The van der Waals surface area contributed by atoms with Gasteiger partial charge >= 0.3 is 0 Å². The van der Waals surface area contributed by atoms with Crippen LogP contribution in [0.4, 0.5) is 5.69 Å². The van der Waals surface area contributed by atoms with E-state index >= 15 is 0 Å². The molecule has 1 atom stereocenters. The highest BCUT2D eigenvalue weighted by molar-refractivity contribution is 5.86. The van der Waals surface area contributed by atoms with Crippen molar-refractivity contribution in [1.29, 1.82) is 0 Å². The molecule has 1 aromatic carbocycles. The fourth-order valence-electron chi connectivity index (χ4n) is 3.01. The van der Waals surface area contributed by atoms with Gasteiger partial charge in [-0.1, -0.05) is 18.2 Å². The first-order valence-electron chi connectivity index (χ1n) is 7.61. The van der Waals surface area contributed by atoms with Gasteiger partial charge in [0.2, 0.25) is 11.8 Å². The fraction of sp³-hybridized carbons (Fsp3) is 0.500. The molecule has 2 amide bonds. The Morgan fingerprint density at radius 3 is 2.81 bits per heavy atom. The molecule has 0 aromatic heterocycles. The number of para-hydroxylation sites is 1. The molecule has 2 N–H and O–H groups in total. The predicted octanol–water partition coefficient (Wildman–Crippen LogP) is 1.01. The maximum atomic E-state index is 12.2. The Bertz CT molecular complexity index is 538. The van der Waals surface area contributed by atoms with Crippen LogP contribution in [0.5, 0.6) is 0 Å². The first kappa shape index (κ1) is 13.9. The summed E-state index contributed by atoms with van der Waals surface area (Å²) < 4.78 is 0. The lowest BCUT2D eigenvalue weighted by molar-refractivity contribution is -0.133. The second-order valence-corrected chi connectivity index (χ2v) is 5.74. The largest absolute Gasteiger partial charge is 0.384 e. The van der Waals surface area contributed by atoms with Gasteiger partial charge in [-0.2, -0.15) is 0 Å². The molecule has 1 saturated heterocycles. The lowest BCUT2D eigenvalue weighted by Gasteiger charge is -2.25. The van der Waals surface area contributed by atoms with E-state index in [9.17, 15) is 9.59 Å². The summed E-state index contributed by atoms with van der Waals surface area (Å²) in [6, 6.07) is 8.04. The van der Waals surface area contributed by atoms with E-state index in [-0.39, 0.29) is 24.3 Å². The van der Waals surface area contributed by atoms with Gasteiger partial charge in [-0.3, -0.25) is 9.59 Å². The average Bonchev–Trinajstić information content (AvgIpc) is 3.06. The third-order valence-electron chi connectivity index (χ3n) is 4.27. The fourth-order valence-corrected chi connectivity index (χ4v) is 3.01. The standard InChI is InChI=1S/C16H21N3O2/c20-15(19-7-3-4-8-19)11-18-16(21)13-9-12-5-1-2-6-14(12)17-10-13/h1-2,5-6,13,17H,3-4,7-11H2,(H,18,21). The van der Waals surface area contributed by atoms with Gasteiger partial charge in [0, 0.05) is 25.3 Å². The van der Waals surface area contributed by atoms with Gasteiger partial charge in [0.05, 0.1) is 12.5 Å². The summed E-state index contributed by atoms with van der Waals surface area (Å²) in [4.78, 5) is 26.0. The first-order valence-corrected chi connectivity index (χ1v) is 7.61. The van der Waals surface area contributed by atoms with Crippen LogP contribution in [0, 0.1) is 5.92 Å². The van der Waals surface area contributed by atoms with Crippen LogP contribution in [0.25, 0.3) is 0 Å². The van der Waals surface area contributed by atoms with Crippen molar-refractivity contribution in [1.82, 2.24) is 10.2 Å². The maximum Gasteiger partial charge on any atom is 0.241 e. The average molecular weight is 287 g/mol. The van der Waals surface area contributed by atoms with Crippen LogP contribution < -0.4 is 10.6 Å². The Kier molecular flexibility index (Phi) is 4.08. The summed E-state index contributed by atoms with van der Waals surface area (Å²) in [6.45, 7) is 2.40. The van der Waals surface area contributed by atoms with Crippen LogP contribution in [0.2, 0.25) is 0 Å². The Morgan fingerprint density at radius 2 is 2.00 bits per heavy atom. The number of nitrogens with zero attached hydrogens (tertiary/aromatic N) is 1. The van der Waals surface area contributed by atoms with Gasteiger partial charge in [-0.25, -0.2) is 0 Å². The van der Waals surface area contributed by atoms with E-state index in [1.54, 1.807) is 0 Å². The SMILES string of the molecule is O=C(NCC(=O)N1CCCC1)C1CNc2ccccc2C1. The highest BCUT2D eigenvalue weighted by atomic mass is 16.2. The number of rotatable bonds is 3. The lowest BCUT2D eigenvalue weighted by Crippen LogP contribution is -2.43. The molecule has 0 aliphatic carbocycles. The molecule has 2 aliphatic heterocycles. The molecule has 2 heterocycles. The third-order valence-corrected chi connectivity index (χ3v) is 4.27. The maximum absolute atomic E-state index is 12.2. The van der Waals surface area contributed by atoms with E-state index in [2.05, 4.69) is 10.6 Å². The minimum atomic E-state index is -0.105. The number of amides is 2. The van der Waals surface area contributed by atoms with Gasteiger partial charge in [-0.15, -0.1) is 0 Å². The van der Waals surface area contributed by atoms with Crippen molar-refractivity contribution in [2.24, 2.45) is 5.92 Å². The molecule has 0 radical (unpaired) electrons. The van der Waals surface area contributed by atoms with Crippen LogP contribution in [0.3, 0.4) is 0 Å². The third kappa shape index (κ3) is 3.17. The van der Waals surface area contributed by atoms with Crippen LogP contribution in [-0.4, -0.2) is 42.9 Å². The van der Waals surface area contributed by atoms with Gasteiger partial charge in [-0.05, 0) is 30.9 Å². The van der Waals surface area contributed by atoms with E-state index < -0.39 is 0 Å². The normalized spacial score (nSPS) is 20.6. The summed E-state index contributed by atoms with van der Waals surface area (Å²) in [6.07, 6.45) is 2.87. The molecule has 112 valence electrons. The predicted molar refractivity (Wildman–Crippen MR) is 80.9 cm³/mol. The zero-order valence-corrected chi connectivity index (χ0v) is 12.1. The molecular weight excluding hydrogens is 266 g/mol. The monoisotopic (exact) mass is 287 g/mol. The Hall–Kier alpha value is -2.04. The molecule has 5 nitrogen and oxygen atoms in total. The van der Waals surface area contributed by atoms with Crippen molar-refractivity contribution in [3.05, 3.63) is 29.8 Å². The number of likely N-dealkylation sites (tertiary alicyclic amines) is 1. The van der Waals surface area contributed by atoms with Crippen LogP contribution in [-0.2, 0) is 16.0 Å². The Balaban J connectivity index is 1.51. The summed E-state index contributed by atoms with van der Waals surface area (Å²) in [5, 5.41) is 6.07. The second kappa shape index (κ2) is 6.16. The van der Waals surface area contributed by atoms with E-state index in [4.69, 9.17) is 0 Å². The molecular formula is C16H21N3O2. The minimum Gasteiger partial charge on any atom is -0.384 e. The lowest BCUT2D eigenvalue weighted by atomic mass is 9.93. The van der Waals surface area contributed by atoms with Crippen molar-refractivity contribution in [2.45, 2.75) is 19.3 Å². The van der Waals surface area contributed by atoms with Crippen molar-refractivity contribution in [2.75, 3.05) is 31.5 Å². The number of benzene rings is 1. The van der Waals surface area contributed by atoms with Gasteiger partial charge < -0.3 is 15.5 Å². The smallest absolute Gasteiger partial charge is 0.241 e. The number of hydrogen-bond acceptors (Lipinski definition) is 3. The summed E-state index contributed by atoms with van der Waals surface area (Å²) >= 11 is 0. The number of nitrogens with one attached hydrogen (secondary N) is 2. The van der Waals surface area contributed by atoms with E-state index in [1.807, 2.05) is 29.2 Å². The highest BCUT2D eigenvalue weighted by Gasteiger charge is 2.25. The summed E-state index contributed by atoms with van der Waals surface area (Å²) in [5.41, 5.74) is 2.27. The van der Waals surface area contributed by atoms with Crippen LogP contribution in [0.15, 0.2) is 24.3 Å². The van der Waals surface area contributed by atoms with Gasteiger partial charge in [0.15, 0.2) is 0 Å². The number of anilines is 1. The minimum absolute atomic E-state index is 0.0324. The highest BCUT2D eigenvalue weighted by Crippen LogP contribution is 2.24. The van der Waals surface area contributed by atoms with E-state index in [0.717, 1.165) is 43.6 Å². The molecule has 5 heteroatoms. The van der Waals surface area contributed by atoms with Crippen molar-refractivity contribution < 1.29 is 9.59 Å². The molecule has 21 heavy (non-hydrogen) atoms. The molecule has 3 rings (SSSR count). The number of fused-ring (bicyclic) bond motifs is 1. The van der Waals surface area contributed by atoms with E-state index in [0.29, 0.717) is 6.54 Å². The Morgan fingerprint density at radius 1 is 1.24 bits per heavy atom. The quantitative estimate of drug-likeness (QED) is 0.872. The number of hydrogen-bond donors (Lipinski definition) is 2. The molecule has 1 aromatic rings. The van der Waals surface area contributed by atoms with Crippen molar-refractivity contribution in [3.63, 3.8) is 0 Å². The van der Waals surface area contributed by atoms with Crippen LogP contribution in [0.1, 0.15) is 18.4 Å². The Labute approximate surface area is 124 Å². The van der Waals surface area contributed by atoms with Gasteiger partial charge in [0.1, 0.15) is 0 Å². The topological polar surface area (TPSA) is 61.4 Å². The first-order chi connectivity index (χ1) is 10.2. The molecule has 1 fully saturated rings. The zero-order valence-electron chi connectivity index (χ0n) is 12.1. The molecule has 1 unspecified atom stereocenters. The molecule has 0 bridgehead atoms. The van der Waals surface area contributed by atoms with Crippen molar-refractivity contribution in [3.8, 4) is 0 Å². The van der Waals surface area contributed by atoms with Crippen LogP contribution >= 0.6 is 0 Å². The van der Waals surface area contributed by atoms with Gasteiger partial charge in [0.25, 0.3) is 0 Å². The molecule has 0 spiro atoms. The van der Waals surface area contributed by atoms with Crippen molar-refractivity contribution >= 4 is 17.5 Å². The second-order valence-electron chi connectivity index (χ2n) is 5.74. The summed E-state index contributed by atoms with van der Waals surface area (Å²) in [7, 11) is 0. The zero-order chi connectivity index (χ0) is 14.7. The number of carbonyl (C=O) groups is 2.